The van der Waals surface area contributed by atoms with Gasteiger partial charge in [-0.15, -0.1) is 0 Å². The van der Waals surface area contributed by atoms with E-state index in [0.29, 0.717) is 24.9 Å². The Kier molecular flexibility index (Phi) is 4.16. The lowest BCUT2D eigenvalue weighted by atomic mass is 10.3. The van der Waals surface area contributed by atoms with Crippen molar-refractivity contribution in [2.45, 2.75) is 33.4 Å². The number of aliphatic hydroxyl groups is 1. The fourth-order valence-corrected chi connectivity index (χ4v) is 1.97. The number of aliphatic imine (C=N–C) groups is 1. The van der Waals surface area contributed by atoms with Crippen LogP contribution in [0.1, 0.15) is 33.4 Å². The molecule has 102 valence electrons. The molecule has 1 aromatic heterocycles. The van der Waals surface area contributed by atoms with Gasteiger partial charge in [0.1, 0.15) is 6.23 Å². The number of hydrogen-bond donors (Lipinski definition) is 1. The number of aromatic nitrogens is 2. The molecule has 0 saturated heterocycles. The van der Waals surface area contributed by atoms with Crippen LogP contribution in [0.4, 0.5) is 5.95 Å². The van der Waals surface area contributed by atoms with Gasteiger partial charge in [0.25, 0.3) is 0 Å². The van der Waals surface area contributed by atoms with Crippen LogP contribution >= 0.6 is 0 Å². The maximum atomic E-state index is 9.92. The number of nitrogens with zero attached hydrogens (tertiary/aromatic N) is 3. The Morgan fingerprint density at radius 3 is 2.79 bits per heavy atom. The first-order valence-corrected chi connectivity index (χ1v) is 6.52. The highest BCUT2D eigenvalue weighted by Gasteiger charge is 2.14. The van der Waals surface area contributed by atoms with Crippen LogP contribution in [0.15, 0.2) is 29.3 Å². The number of aliphatic hydroxyl groups excluding tert-OH is 1. The number of para-hydroxylation sites is 2. The number of benzene rings is 1. The summed E-state index contributed by atoms with van der Waals surface area (Å²) in [6.45, 7) is 6.16. The van der Waals surface area contributed by atoms with E-state index >= 15 is 0 Å². The molecule has 1 unspecified atom stereocenters. The van der Waals surface area contributed by atoms with Crippen molar-refractivity contribution in [3.05, 3.63) is 24.3 Å². The molecule has 0 amide bonds. The number of fused-ring (bicyclic) bond motifs is 1. The van der Waals surface area contributed by atoms with Crippen LogP contribution in [0.5, 0.6) is 0 Å². The maximum absolute atomic E-state index is 9.92. The first-order valence-electron chi connectivity index (χ1n) is 6.52. The van der Waals surface area contributed by atoms with Crippen molar-refractivity contribution in [3.8, 4) is 0 Å². The van der Waals surface area contributed by atoms with Gasteiger partial charge in [-0.3, -0.25) is 4.57 Å². The second kappa shape index (κ2) is 5.84. The van der Waals surface area contributed by atoms with Gasteiger partial charge in [0.05, 0.1) is 17.6 Å². The van der Waals surface area contributed by atoms with Crippen molar-refractivity contribution in [2.75, 3.05) is 6.61 Å². The van der Waals surface area contributed by atoms with E-state index in [9.17, 15) is 5.11 Å². The molecule has 0 bridgehead atoms. The zero-order valence-electron chi connectivity index (χ0n) is 11.5. The minimum atomic E-state index is -0.689. The van der Waals surface area contributed by atoms with E-state index in [2.05, 4.69) is 9.98 Å². The monoisotopic (exact) mass is 261 g/mol. The van der Waals surface area contributed by atoms with Gasteiger partial charge < -0.3 is 9.84 Å². The molecule has 1 aromatic carbocycles. The number of rotatable bonds is 4. The first-order chi connectivity index (χ1) is 9.17. The normalized spacial score (nSPS) is 13.8. The molecule has 19 heavy (non-hydrogen) atoms. The van der Waals surface area contributed by atoms with E-state index in [-0.39, 0.29) is 0 Å². The minimum absolute atomic E-state index is 0.474. The van der Waals surface area contributed by atoms with Gasteiger partial charge in [-0.05, 0) is 26.0 Å². The van der Waals surface area contributed by atoms with Gasteiger partial charge in [-0.1, -0.05) is 19.1 Å². The lowest BCUT2D eigenvalue weighted by molar-refractivity contribution is 0.130. The number of hydrogen-bond acceptors (Lipinski definition) is 4. The Balaban J connectivity index is 2.56. The van der Waals surface area contributed by atoms with Gasteiger partial charge >= 0.3 is 0 Å². The quantitative estimate of drug-likeness (QED) is 0.679. The van der Waals surface area contributed by atoms with E-state index in [1.165, 1.54) is 0 Å². The van der Waals surface area contributed by atoms with Gasteiger partial charge in [-0.2, -0.15) is 4.99 Å². The summed E-state index contributed by atoms with van der Waals surface area (Å²) in [5, 5.41) is 9.92. The Bertz CT molecular complexity index is 587. The van der Waals surface area contributed by atoms with Crippen molar-refractivity contribution >= 4 is 22.9 Å². The zero-order chi connectivity index (χ0) is 13.8. The van der Waals surface area contributed by atoms with Crippen molar-refractivity contribution in [1.82, 2.24) is 9.55 Å². The number of imidazole rings is 1. The molecule has 5 nitrogen and oxygen atoms in total. The lowest BCUT2D eigenvalue weighted by Crippen LogP contribution is -2.06. The Hall–Kier alpha value is -1.88. The second-order valence-electron chi connectivity index (χ2n) is 4.19. The van der Waals surface area contributed by atoms with Crippen LogP contribution < -0.4 is 0 Å². The molecule has 0 saturated carbocycles. The fourth-order valence-electron chi connectivity index (χ4n) is 1.97. The highest BCUT2D eigenvalue weighted by atomic mass is 16.5. The molecule has 0 radical (unpaired) electrons. The molecule has 0 aliphatic rings. The van der Waals surface area contributed by atoms with Gasteiger partial charge in [0, 0.05) is 6.42 Å². The van der Waals surface area contributed by atoms with E-state index in [4.69, 9.17) is 4.74 Å². The summed E-state index contributed by atoms with van der Waals surface area (Å²) in [5.74, 6) is 1.10. The summed E-state index contributed by atoms with van der Waals surface area (Å²) in [6, 6.07) is 7.65. The summed E-state index contributed by atoms with van der Waals surface area (Å²) < 4.78 is 7.14. The van der Waals surface area contributed by atoms with Gasteiger partial charge in [-0.25, -0.2) is 4.98 Å². The van der Waals surface area contributed by atoms with Crippen LogP contribution in [0.2, 0.25) is 0 Å². The van der Waals surface area contributed by atoms with Crippen LogP contribution in [0.3, 0.4) is 0 Å². The third-order valence-corrected chi connectivity index (χ3v) is 2.79. The minimum Gasteiger partial charge on any atom is -0.481 e. The van der Waals surface area contributed by atoms with Crippen molar-refractivity contribution in [3.63, 3.8) is 0 Å². The Morgan fingerprint density at radius 2 is 2.16 bits per heavy atom. The lowest BCUT2D eigenvalue weighted by Gasteiger charge is -2.10. The summed E-state index contributed by atoms with van der Waals surface area (Å²) in [7, 11) is 0. The predicted octanol–water partition coefficient (Wildman–Crippen LogP) is 3.02. The average molecular weight is 261 g/mol. The van der Waals surface area contributed by atoms with E-state index in [1.807, 2.05) is 38.1 Å². The molecular formula is C14H19N3O2. The van der Waals surface area contributed by atoms with E-state index in [0.717, 1.165) is 11.0 Å². The van der Waals surface area contributed by atoms with E-state index in [1.54, 1.807) is 11.5 Å². The molecule has 2 aromatic rings. The molecule has 1 atom stereocenters. The zero-order valence-corrected chi connectivity index (χ0v) is 11.5. The Morgan fingerprint density at radius 1 is 1.42 bits per heavy atom. The SMILES string of the molecule is CCO/C(CC)=N\c1nc2ccccc2n1C(C)O. The van der Waals surface area contributed by atoms with Gasteiger partial charge in [0.15, 0.2) is 5.90 Å². The van der Waals surface area contributed by atoms with Crippen molar-refractivity contribution in [2.24, 2.45) is 4.99 Å². The second-order valence-corrected chi connectivity index (χ2v) is 4.19. The topological polar surface area (TPSA) is 59.6 Å². The molecule has 1 N–H and O–H groups in total. The molecule has 2 rings (SSSR count). The summed E-state index contributed by atoms with van der Waals surface area (Å²) >= 11 is 0. The van der Waals surface area contributed by atoms with Crippen LogP contribution in [-0.4, -0.2) is 27.2 Å². The fraction of sp³-hybridized carbons (Fsp3) is 0.429. The van der Waals surface area contributed by atoms with Crippen LogP contribution in [0.25, 0.3) is 11.0 Å². The molecule has 1 heterocycles. The molecule has 0 spiro atoms. The predicted molar refractivity (Wildman–Crippen MR) is 75.7 cm³/mol. The highest BCUT2D eigenvalue weighted by molar-refractivity contribution is 5.82. The molecule has 0 aliphatic heterocycles. The third-order valence-electron chi connectivity index (χ3n) is 2.79. The van der Waals surface area contributed by atoms with Crippen LogP contribution in [0, 0.1) is 0 Å². The first kappa shape index (κ1) is 13.5. The molecule has 5 heteroatoms. The third kappa shape index (κ3) is 2.76. The standard InChI is InChI=1S/C14H19N3O2/c1-4-13(19-5-2)16-14-15-11-8-6-7-9-12(11)17(14)10(3)18/h6-10,18H,4-5H2,1-3H3/b16-13-. The summed E-state index contributed by atoms with van der Waals surface area (Å²) in [4.78, 5) is 8.85. The highest BCUT2D eigenvalue weighted by Crippen LogP contribution is 2.25. The molecule has 0 fully saturated rings. The largest absolute Gasteiger partial charge is 0.481 e. The van der Waals surface area contributed by atoms with Crippen molar-refractivity contribution in [1.29, 1.82) is 0 Å². The summed E-state index contributed by atoms with van der Waals surface area (Å²) in [5.41, 5.74) is 1.68. The molecular weight excluding hydrogens is 242 g/mol. The van der Waals surface area contributed by atoms with Gasteiger partial charge in [0.2, 0.25) is 5.95 Å². The van der Waals surface area contributed by atoms with E-state index < -0.39 is 6.23 Å². The average Bonchev–Trinajstić information content (AvgIpc) is 2.76. The van der Waals surface area contributed by atoms with Crippen molar-refractivity contribution < 1.29 is 9.84 Å². The number of ether oxygens (including phenoxy) is 1. The smallest absolute Gasteiger partial charge is 0.235 e. The Labute approximate surface area is 112 Å². The summed E-state index contributed by atoms with van der Waals surface area (Å²) in [6.07, 6.45) is 0.00233. The van der Waals surface area contributed by atoms with Crippen LogP contribution in [-0.2, 0) is 4.74 Å². The maximum Gasteiger partial charge on any atom is 0.235 e. The molecule has 0 aliphatic carbocycles.